The van der Waals surface area contributed by atoms with Gasteiger partial charge in [0, 0.05) is 24.7 Å². The van der Waals surface area contributed by atoms with Crippen LogP contribution in [0.3, 0.4) is 0 Å². The normalized spacial score (nSPS) is 17.4. The molecule has 8 nitrogen and oxygen atoms in total. The van der Waals surface area contributed by atoms with Gasteiger partial charge in [0.15, 0.2) is 11.0 Å². The fraction of sp³-hybridized carbons (Fsp3) is 0.500. The van der Waals surface area contributed by atoms with Gasteiger partial charge in [-0.05, 0) is 37.1 Å². The summed E-state index contributed by atoms with van der Waals surface area (Å²) < 4.78 is 7.44. The van der Waals surface area contributed by atoms with E-state index >= 15 is 0 Å². The molecule has 0 spiro atoms. The van der Waals surface area contributed by atoms with Gasteiger partial charge in [0.05, 0.1) is 12.9 Å². The lowest BCUT2D eigenvalue weighted by molar-refractivity contribution is -0.124. The maximum absolute atomic E-state index is 12.4. The zero-order chi connectivity index (χ0) is 20.2. The molecule has 4 rings (SSSR count). The molecule has 1 aromatic heterocycles. The quantitative estimate of drug-likeness (QED) is 0.729. The summed E-state index contributed by atoms with van der Waals surface area (Å²) in [6.45, 7) is 0.930. The Labute approximate surface area is 174 Å². The summed E-state index contributed by atoms with van der Waals surface area (Å²) in [6.07, 6.45) is 5.78. The molecular formula is C20H25N5O3S. The highest BCUT2D eigenvalue weighted by atomic mass is 32.2. The summed E-state index contributed by atoms with van der Waals surface area (Å²) in [7, 11) is 1.64. The van der Waals surface area contributed by atoms with Gasteiger partial charge in [-0.15, -0.1) is 10.2 Å². The fourth-order valence-corrected chi connectivity index (χ4v) is 4.78. The van der Waals surface area contributed by atoms with Crippen LogP contribution < -0.4 is 10.1 Å². The van der Waals surface area contributed by atoms with Gasteiger partial charge in [-0.2, -0.15) is 0 Å². The molecule has 0 bridgehead atoms. The van der Waals surface area contributed by atoms with Crippen molar-refractivity contribution in [1.29, 1.82) is 0 Å². The van der Waals surface area contributed by atoms with Gasteiger partial charge in [-0.25, -0.2) is 4.79 Å². The molecule has 2 aliphatic rings. The van der Waals surface area contributed by atoms with Gasteiger partial charge in [-0.1, -0.05) is 31.0 Å². The monoisotopic (exact) mass is 415 g/mol. The maximum atomic E-state index is 12.4. The second kappa shape index (κ2) is 8.86. The Hall–Kier alpha value is -2.55. The Morgan fingerprint density at radius 3 is 2.62 bits per heavy atom. The topological polar surface area (TPSA) is 89.4 Å². The molecule has 1 saturated carbocycles. The first-order valence-corrected chi connectivity index (χ1v) is 11.0. The molecule has 0 atom stereocenters. The van der Waals surface area contributed by atoms with E-state index in [9.17, 15) is 9.59 Å². The van der Waals surface area contributed by atoms with Crippen LogP contribution in [0.2, 0.25) is 0 Å². The second-order valence-electron chi connectivity index (χ2n) is 7.26. The number of thioether (sulfide) groups is 1. The van der Waals surface area contributed by atoms with Crippen molar-refractivity contribution in [2.45, 2.75) is 43.3 Å². The number of aromatic nitrogens is 3. The van der Waals surface area contributed by atoms with Crippen molar-refractivity contribution >= 4 is 23.7 Å². The predicted molar refractivity (Wildman–Crippen MR) is 110 cm³/mol. The van der Waals surface area contributed by atoms with Crippen LogP contribution in [0.15, 0.2) is 29.4 Å². The van der Waals surface area contributed by atoms with Crippen LogP contribution in [-0.2, 0) is 4.79 Å². The van der Waals surface area contributed by atoms with Gasteiger partial charge in [0.2, 0.25) is 5.91 Å². The van der Waals surface area contributed by atoms with Crippen LogP contribution in [0.25, 0.3) is 11.4 Å². The van der Waals surface area contributed by atoms with E-state index in [0.717, 1.165) is 35.1 Å². The van der Waals surface area contributed by atoms with E-state index in [1.165, 1.54) is 35.9 Å². The van der Waals surface area contributed by atoms with Gasteiger partial charge in [0.25, 0.3) is 0 Å². The van der Waals surface area contributed by atoms with E-state index in [1.807, 2.05) is 24.3 Å². The molecule has 2 heterocycles. The molecule has 0 radical (unpaired) electrons. The highest BCUT2D eigenvalue weighted by Crippen LogP contribution is 2.36. The number of methoxy groups -OCH3 is 1. The van der Waals surface area contributed by atoms with Crippen molar-refractivity contribution < 1.29 is 14.3 Å². The number of carbonyl (C=O) groups excluding carboxylic acids is 2. The molecule has 3 amide bonds. The van der Waals surface area contributed by atoms with Crippen LogP contribution in [0.1, 0.15) is 38.1 Å². The number of nitrogens with one attached hydrogen (secondary N) is 1. The van der Waals surface area contributed by atoms with Crippen molar-refractivity contribution in [3.8, 4) is 17.1 Å². The lowest BCUT2D eigenvalue weighted by atomic mass is 9.95. The lowest BCUT2D eigenvalue weighted by Gasteiger charge is -2.25. The van der Waals surface area contributed by atoms with E-state index in [-0.39, 0.29) is 17.7 Å². The molecule has 154 valence electrons. The molecule has 2 aromatic rings. The minimum atomic E-state index is -0.316. The Kier molecular flexibility index (Phi) is 6.03. The summed E-state index contributed by atoms with van der Waals surface area (Å²) in [5.74, 6) is 1.57. The van der Waals surface area contributed by atoms with E-state index in [2.05, 4.69) is 20.1 Å². The number of rotatable bonds is 6. The number of nitrogens with zero attached hydrogens (tertiary/aromatic N) is 4. The van der Waals surface area contributed by atoms with Crippen molar-refractivity contribution in [2.24, 2.45) is 0 Å². The largest absolute Gasteiger partial charge is 0.497 e. The minimum absolute atomic E-state index is 0.168. The molecule has 0 unspecified atom stereocenters. The number of imide groups is 1. The number of amides is 3. The summed E-state index contributed by atoms with van der Waals surface area (Å²) in [5.41, 5.74) is 0.973. The van der Waals surface area contributed by atoms with E-state index in [4.69, 9.17) is 4.74 Å². The molecule has 1 aromatic carbocycles. The minimum Gasteiger partial charge on any atom is -0.497 e. The first kappa shape index (κ1) is 19.8. The standard InChI is InChI=1S/C20H25N5O3S/c1-28-16-9-7-14(8-10-16)18-22-23-20(25(18)15-5-3-2-4-6-15)29-13-17(26)24-12-11-21-19(24)27/h7-10,15H,2-6,11-13H2,1H3,(H,21,27). The zero-order valence-corrected chi connectivity index (χ0v) is 17.3. The number of hydrogen-bond acceptors (Lipinski definition) is 6. The van der Waals surface area contributed by atoms with Crippen molar-refractivity contribution in [1.82, 2.24) is 25.0 Å². The molecule has 9 heteroatoms. The Morgan fingerprint density at radius 1 is 1.21 bits per heavy atom. The zero-order valence-electron chi connectivity index (χ0n) is 16.5. The van der Waals surface area contributed by atoms with Crippen molar-refractivity contribution in [2.75, 3.05) is 26.0 Å². The maximum Gasteiger partial charge on any atom is 0.324 e. The Morgan fingerprint density at radius 2 is 1.97 bits per heavy atom. The average Bonchev–Trinajstić information content (AvgIpc) is 3.39. The first-order valence-electron chi connectivity index (χ1n) is 9.97. The molecule has 1 N–H and O–H groups in total. The summed E-state index contributed by atoms with van der Waals surface area (Å²) >= 11 is 1.35. The molecule has 2 fully saturated rings. The Balaban J connectivity index is 1.58. The molecule has 29 heavy (non-hydrogen) atoms. The number of hydrogen-bond donors (Lipinski definition) is 1. The van der Waals surface area contributed by atoms with Crippen molar-refractivity contribution in [3.05, 3.63) is 24.3 Å². The SMILES string of the molecule is COc1ccc(-c2nnc(SCC(=O)N3CCNC3=O)n2C2CCCCC2)cc1. The number of urea groups is 1. The van der Waals surface area contributed by atoms with Gasteiger partial charge in [-0.3, -0.25) is 14.3 Å². The molecule has 1 aliphatic carbocycles. The van der Waals surface area contributed by atoms with Crippen LogP contribution in [0.4, 0.5) is 4.79 Å². The number of carbonyl (C=O) groups is 2. The molecule has 1 aliphatic heterocycles. The summed E-state index contributed by atoms with van der Waals surface area (Å²) in [6, 6.07) is 7.80. The van der Waals surface area contributed by atoms with Gasteiger partial charge >= 0.3 is 6.03 Å². The van der Waals surface area contributed by atoms with Gasteiger partial charge < -0.3 is 10.1 Å². The molecule has 1 saturated heterocycles. The van der Waals surface area contributed by atoms with Crippen molar-refractivity contribution in [3.63, 3.8) is 0 Å². The number of ether oxygens (including phenoxy) is 1. The first-order chi connectivity index (χ1) is 14.2. The van der Waals surface area contributed by atoms with Gasteiger partial charge in [0.1, 0.15) is 5.75 Å². The fourth-order valence-electron chi connectivity index (χ4n) is 3.89. The smallest absolute Gasteiger partial charge is 0.324 e. The third-order valence-corrected chi connectivity index (χ3v) is 6.36. The second-order valence-corrected chi connectivity index (χ2v) is 8.20. The Bertz CT molecular complexity index is 877. The highest BCUT2D eigenvalue weighted by Gasteiger charge is 2.28. The lowest BCUT2D eigenvalue weighted by Crippen LogP contribution is -2.35. The van der Waals surface area contributed by atoms with E-state index in [1.54, 1.807) is 7.11 Å². The van der Waals surface area contributed by atoms with Crippen LogP contribution in [0.5, 0.6) is 5.75 Å². The highest BCUT2D eigenvalue weighted by molar-refractivity contribution is 7.99. The summed E-state index contributed by atoms with van der Waals surface area (Å²) in [5, 5.41) is 12.2. The van der Waals surface area contributed by atoms with E-state index < -0.39 is 0 Å². The van der Waals surface area contributed by atoms with Crippen LogP contribution >= 0.6 is 11.8 Å². The van der Waals surface area contributed by atoms with Crippen LogP contribution in [0, 0.1) is 0 Å². The molecular weight excluding hydrogens is 390 g/mol. The van der Waals surface area contributed by atoms with E-state index in [0.29, 0.717) is 19.1 Å². The number of benzene rings is 1. The summed E-state index contributed by atoms with van der Waals surface area (Å²) in [4.78, 5) is 25.4. The predicted octanol–water partition coefficient (Wildman–Crippen LogP) is 3.10. The average molecular weight is 416 g/mol. The third kappa shape index (κ3) is 4.24. The van der Waals surface area contributed by atoms with Crippen LogP contribution in [-0.4, -0.2) is 57.6 Å². The third-order valence-electron chi connectivity index (χ3n) is 5.44.